The Kier molecular flexibility index (Phi) is 4.80. The van der Waals surface area contributed by atoms with E-state index in [9.17, 15) is 8.78 Å². The minimum atomic E-state index is -0.493. The SMILES string of the molecule is Fc1cccc(F)c1CN[C@@H]1CCCN[C@@H]1c1ccccc1. The number of nitrogens with one attached hydrogen (secondary N) is 2. The third kappa shape index (κ3) is 3.34. The molecule has 2 N–H and O–H groups in total. The van der Waals surface area contributed by atoms with Gasteiger partial charge in [-0.1, -0.05) is 36.4 Å². The summed E-state index contributed by atoms with van der Waals surface area (Å²) in [4.78, 5) is 0. The second-order valence-electron chi connectivity index (χ2n) is 5.67. The van der Waals surface area contributed by atoms with Crippen LogP contribution in [0.25, 0.3) is 0 Å². The van der Waals surface area contributed by atoms with Crippen molar-refractivity contribution in [3.63, 3.8) is 0 Å². The molecule has 116 valence electrons. The van der Waals surface area contributed by atoms with Gasteiger partial charge in [-0.05, 0) is 37.1 Å². The third-order valence-electron chi connectivity index (χ3n) is 4.22. The van der Waals surface area contributed by atoms with Crippen molar-refractivity contribution >= 4 is 0 Å². The summed E-state index contributed by atoms with van der Waals surface area (Å²) in [7, 11) is 0. The molecule has 0 aromatic heterocycles. The average molecular weight is 302 g/mol. The number of rotatable bonds is 4. The Morgan fingerprint density at radius 1 is 1.00 bits per heavy atom. The van der Waals surface area contributed by atoms with E-state index in [1.165, 1.54) is 23.8 Å². The Morgan fingerprint density at radius 2 is 1.73 bits per heavy atom. The molecule has 2 atom stereocenters. The lowest BCUT2D eigenvalue weighted by atomic mass is 9.92. The molecule has 2 nitrogen and oxygen atoms in total. The van der Waals surface area contributed by atoms with Gasteiger partial charge in [0.2, 0.25) is 0 Å². The van der Waals surface area contributed by atoms with Crippen LogP contribution < -0.4 is 10.6 Å². The standard InChI is InChI=1S/C18H20F2N2/c19-15-8-4-9-16(20)14(15)12-22-17-10-5-11-21-18(17)13-6-2-1-3-7-13/h1-4,6-9,17-18,21-22H,5,10-12H2/t17-,18-/m1/s1. The Labute approximate surface area is 129 Å². The minimum Gasteiger partial charge on any atom is -0.309 e. The molecule has 2 aromatic rings. The summed E-state index contributed by atoms with van der Waals surface area (Å²) in [5, 5.41) is 6.83. The van der Waals surface area contributed by atoms with Gasteiger partial charge in [-0.3, -0.25) is 0 Å². The largest absolute Gasteiger partial charge is 0.309 e. The van der Waals surface area contributed by atoms with Crippen LogP contribution in [0.3, 0.4) is 0 Å². The summed E-state index contributed by atoms with van der Waals surface area (Å²) < 4.78 is 27.5. The number of halogens is 2. The predicted molar refractivity (Wildman–Crippen MR) is 83.4 cm³/mol. The molecule has 0 saturated carbocycles. The topological polar surface area (TPSA) is 24.1 Å². The van der Waals surface area contributed by atoms with Gasteiger partial charge >= 0.3 is 0 Å². The molecule has 1 aliphatic rings. The highest BCUT2D eigenvalue weighted by Gasteiger charge is 2.26. The fraction of sp³-hybridized carbons (Fsp3) is 0.333. The Bertz CT molecular complexity index is 595. The molecule has 0 amide bonds. The van der Waals surface area contributed by atoms with Crippen molar-refractivity contribution in [2.24, 2.45) is 0 Å². The molecule has 3 rings (SSSR count). The highest BCUT2D eigenvalue weighted by Crippen LogP contribution is 2.24. The van der Waals surface area contributed by atoms with Crippen molar-refractivity contribution in [2.75, 3.05) is 6.54 Å². The van der Waals surface area contributed by atoms with Crippen LogP contribution in [0.1, 0.15) is 30.0 Å². The van der Waals surface area contributed by atoms with Crippen molar-refractivity contribution in [3.05, 3.63) is 71.3 Å². The van der Waals surface area contributed by atoms with Crippen LogP contribution in [0.15, 0.2) is 48.5 Å². The maximum Gasteiger partial charge on any atom is 0.130 e. The van der Waals surface area contributed by atoms with E-state index in [0.29, 0.717) is 0 Å². The average Bonchev–Trinajstić information content (AvgIpc) is 2.56. The summed E-state index contributed by atoms with van der Waals surface area (Å²) in [6.07, 6.45) is 2.05. The van der Waals surface area contributed by atoms with Crippen LogP contribution in [-0.4, -0.2) is 12.6 Å². The molecular weight excluding hydrogens is 282 g/mol. The summed E-state index contributed by atoms with van der Waals surface area (Å²) in [5.41, 5.74) is 1.31. The maximum absolute atomic E-state index is 13.7. The Balaban J connectivity index is 1.72. The zero-order valence-electron chi connectivity index (χ0n) is 12.4. The molecule has 4 heteroatoms. The quantitative estimate of drug-likeness (QED) is 0.902. The van der Waals surface area contributed by atoms with E-state index in [1.54, 1.807) is 0 Å². The Morgan fingerprint density at radius 3 is 2.45 bits per heavy atom. The van der Waals surface area contributed by atoms with Crippen molar-refractivity contribution < 1.29 is 8.78 Å². The first kappa shape index (κ1) is 15.1. The van der Waals surface area contributed by atoms with Gasteiger partial charge < -0.3 is 10.6 Å². The summed E-state index contributed by atoms with van der Waals surface area (Å²) in [5.74, 6) is -0.986. The first-order chi connectivity index (χ1) is 10.8. The van der Waals surface area contributed by atoms with E-state index < -0.39 is 11.6 Å². The molecule has 0 unspecified atom stereocenters. The smallest absolute Gasteiger partial charge is 0.130 e. The molecule has 0 radical (unpaired) electrons. The first-order valence-corrected chi connectivity index (χ1v) is 7.70. The van der Waals surface area contributed by atoms with Gasteiger partial charge in [0.1, 0.15) is 11.6 Å². The van der Waals surface area contributed by atoms with E-state index >= 15 is 0 Å². The second kappa shape index (κ2) is 6.99. The normalized spacial score (nSPS) is 21.7. The lowest BCUT2D eigenvalue weighted by molar-refractivity contribution is 0.302. The van der Waals surface area contributed by atoms with Crippen LogP contribution in [0.2, 0.25) is 0 Å². The minimum absolute atomic E-state index is 0.111. The number of hydrogen-bond acceptors (Lipinski definition) is 2. The molecule has 0 aliphatic carbocycles. The fourth-order valence-electron chi connectivity index (χ4n) is 3.05. The van der Waals surface area contributed by atoms with Crippen LogP contribution in [-0.2, 0) is 6.54 Å². The van der Waals surface area contributed by atoms with Gasteiger partial charge in [-0.2, -0.15) is 0 Å². The van der Waals surface area contributed by atoms with E-state index in [1.807, 2.05) is 18.2 Å². The first-order valence-electron chi connectivity index (χ1n) is 7.70. The molecule has 0 spiro atoms. The molecule has 2 aromatic carbocycles. The monoisotopic (exact) mass is 302 g/mol. The van der Waals surface area contributed by atoms with Crippen LogP contribution in [0.5, 0.6) is 0 Å². The van der Waals surface area contributed by atoms with Crippen molar-refractivity contribution in [1.82, 2.24) is 10.6 Å². The van der Waals surface area contributed by atoms with E-state index in [2.05, 4.69) is 22.8 Å². The zero-order valence-corrected chi connectivity index (χ0v) is 12.4. The molecule has 22 heavy (non-hydrogen) atoms. The molecular formula is C18H20F2N2. The Hall–Kier alpha value is -1.78. The fourth-order valence-corrected chi connectivity index (χ4v) is 3.05. The van der Waals surface area contributed by atoms with Crippen molar-refractivity contribution in [2.45, 2.75) is 31.5 Å². The molecule has 1 saturated heterocycles. The van der Waals surface area contributed by atoms with Gasteiger partial charge in [0.15, 0.2) is 0 Å². The molecule has 1 aliphatic heterocycles. The van der Waals surface area contributed by atoms with Crippen molar-refractivity contribution in [3.8, 4) is 0 Å². The van der Waals surface area contributed by atoms with Crippen LogP contribution >= 0.6 is 0 Å². The summed E-state index contributed by atoms with van der Waals surface area (Å²) >= 11 is 0. The number of benzene rings is 2. The third-order valence-corrected chi connectivity index (χ3v) is 4.22. The van der Waals surface area contributed by atoms with E-state index in [4.69, 9.17) is 0 Å². The lowest BCUT2D eigenvalue weighted by Crippen LogP contribution is -2.45. The highest BCUT2D eigenvalue weighted by atomic mass is 19.1. The van der Waals surface area contributed by atoms with Gasteiger partial charge in [0.25, 0.3) is 0 Å². The van der Waals surface area contributed by atoms with Crippen LogP contribution in [0, 0.1) is 11.6 Å². The van der Waals surface area contributed by atoms with Gasteiger partial charge in [-0.15, -0.1) is 0 Å². The summed E-state index contributed by atoms with van der Waals surface area (Å²) in [6.45, 7) is 1.17. The maximum atomic E-state index is 13.7. The van der Waals surface area contributed by atoms with Gasteiger partial charge in [0.05, 0.1) is 0 Å². The number of hydrogen-bond donors (Lipinski definition) is 2. The molecule has 0 bridgehead atoms. The van der Waals surface area contributed by atoms with E-state index in [0.717, 1.165) is 19.4 Å². The molecule has 1 fully saturated rings. The van der Waals surface area contributed by atoms with Gasteiger partial charge in [0, 0.05) is 24.2 Å². The molecule has 1 heterocycles. The van der Waals surface area contributed by atoms with Crippen LogP contribution in [0.4, 0.5) is 8.78 Å². The predicted octanol–water partition coefficient (Wildman–Crippen LogP) is 3.55. The zero-order chi connectivity index (χ0) is 15.4. The summed E-state index contributed by atoms with van der Waals surface area (Å²) in [6, 6.07) is 14.5. The lowest BCUT2D eigenvalue weighted by Gasteiger charge is -2.34. The van der Waals surface area contributed by atoms with Gasteiger partial charge in [-0.25, -0.2) is 8.78 Å². The van der Waals surface area contributed by atoms with E-state index in [-0.39, 0.29) is 24.2 Å². The highest BCUT2D eigenvalue weighted by molar-refractivity contribution is 5.23. The van der Waals surface area contributed by atoms with Crippen molar-refractivity contribution in [1.29, 1.82) is 0 Å². The second-order valence-corrected chi connectivity index (χ2v) is 5.67. The number of piperidine rings is 1.